The number of rotatable bonds is 3. The van der Waals surface area contributed by atoms with Crippen LogP contribution in [0.25, 0.3) is 0 Å². The maximum absolute atomic E-state index is 13.1. The van der Waals surface area contributed by atoms with Gasteiger partial charge in [0.05, 0.1) is 3.57 Å². The Hall–Kier alpha value is -0.430. The van der Waals surface area contributed by atoms with Crippen molar-refractivity contribution < 1.29 is 13.9 Å². The molecule has 0 spiro atoms. The molecular formula is C8H9FINO2. The third-order valence-corrected chi connectivity index (χ3v) is 2.77. The maximum atomic E-state index is 13.1. The van der Waals surface area contributed by atoms with E-state index in [9.17, 15) is 4.39 Å². The Morgan fingerprint density at radius 3 is 2.92 bits per heavy atom. The first-order chi connectivity index (χ1) is 6.16. The van der Waals surface area contributed by atoms with Crippen molar-refractivity contribution in [1.29, 1.82) is 0 Å². The summed E-state index contributed by atoms with van der Waals surface area (Å²) in [5.74, 6) is -0.450. The summed E-state index contributed by atoms with van der Waals surface area (Å²) in [6, 6.07) is 0. The molecule has 5 heteroatoms. The Kier molecular flexibility index (Phi) is 3.86. The van der Waals surface area contributed by atoms with Gasteiger partial charge in [0.2, 0.25) is 0 Å². The molecular weight excluding hydrogens is 288 g/mol. The summed E-state index contributed by atoms with van der Waals surface area (Å²) in [6.45, 7) is 1.87. The minimum Gasteiger partial charge on any atom is -0.462 e. The van der Waals surface area contributed by atoms with Gasteiger partial charge < -0.3 is 9.47 Å². The van der Waals surface area contributed by atoms with Crippen LogP contribution in [0.4, 0.5) is 4.39 Å². The topological polar surface area (TPSA) is 31.4 Å². The first kappa shape index (κ1) is 10.6. The first-order valence-electron chi connectivity index (χ1n) is 3.59. The molecule has 0 atom stereocenters. The molecule has 3 nitrogen and oxygen atoms in total. The van der Waals surface area contributed by atoms with Gasteiger partial charge in [-0.3, -0.25) is 0 Å². The summed E-state index contributed by atoms with van der Waals surface area (Å²) >= 11 is 2.01. The lowest BCUT2D eigenvalue weighted by atomic mass is 10.3. The summed E-state index contributed by atoms with van der Waals surface area (Å²) in [5, 5.41) is 0. The average Bonchev–Trinajstić information content (AvgIpc) is 2.12. The lowest BCUT2D eigenvalue weighted by Crippen LogP contribution is -2.04. The zero-order valence-corrected chi connectivity index (χ0v) is 9.46. The molecule has 0 aliphatic carbocycles. The SMILES string of the molecule is COCOc1c(F)ncc(C)c1I. The van der Waals surface area contributed by atoms with Crippen LogP contribution in [0.15, 0.2) is 6.20 Å². The van der Waals surface area contributed by atoms with Crippen LogP contribution < -0.4 is 4.74 Å². The molecule has 0 saturated heterocycles. The van der Waals surface area contributed by atoms with E-state index in [0.29, 0.717) is 0 Å². The Morgan fingerprint density at radius 2 is 2.31 bits per heavy atom. The Labute approximate surface area is 89.4 Å². The van der Waals surface area contributed by atoms with Crippen molar-refractivity contribution in [3.8, 4) is 5.75 Å². The first-order valence-corrected chi connectivity index (χ1v) is 4.67. The van der Waals surface area contributed by atoms with E-state index >= 15 is 0 Å². The largest absolute Gasteiger partial charge is 0.462 e. The quantitative estimate of drug-likeness (QED) is 0.486. The standard InChI is InChI=1S/C8H9FINO2/c1-5-3-11-8(9)7(6(5)10)13-4-12-2/h3H,4H2,1-2H3. The minimum atomic E-state index is -0.605. The lowest BCUT2D eigenvalue weighted by molar-refractivity contribution is 0.0469. The number of nitrogens with zero attached hydrogens (tertiary/aromatic N) is 1. The number of hydrogen-bond acceptors (Lipinski definition) is 3. The van der Waals surface area contributed by atoms with Gasteiger partial charge in [0.15, 0.2) is 12.5 Å². The fourth-order valence-electron chi connectivity index (χ4n) is 0.779. The molecule has 13 heavy (non-hydrogen) atoms. The molecule has 0 amide bonds. The lowest BCUT2D eigenvalue weighted by Gasteiger charge is -2.08. The smallest absolute Gasteiger partial charge is 0.256 e. The molecule has 0 aliphatic rings. The predicted molar refractivity (Wildman–Crippen MR) is 54.2 cm³/mol. The second-order valence-electron chi connectivity index (χ2n) is 2.43. The van der Waals surface area contributed by atoms with Crippen LogP contribution in [-0.4, -0.2) is 18.9 Å². The van der Waals surface area contributed by atoms with E-state index < -0.39 is 5.95 Å². The van der Waals surface area contributed by atoms with Crippen LogP contribution in [0.5, 0.6) is 5.75 Å². The predicted octanol–water partition coefficient (Wildman–Crippen LogP) is 2.12. The second kappa shape index (κ2) is 4.71. The highest BCUT2D eigenvalue weighted by Crippen LogP contribution is 2.25. The zero-order chi connectivity index (χ0) is 9.84. The van der Waals surface area contributed by atoms with Gasteiger partial charge in [-0.05, 0) is 35.1 Å². The zero-order valence-electron chi connectivity index (χ0n) is 7.30. The van der Waals surface area contributed by atoms with E-state index in [1.165, 1.54) is 13.3 Å². The van der Waals surface area contributed by atoms with Crippen LogP contribution in [0.2, 0.25) is 0 Å². The van der Waals surface area contributed by atoms with Crippen molar-refractivity contribution in [2.75, 3.05) is 13.9 Å². The minimum absolute atomic E-state index is 0.0258. The van der Waals surface area contributed by atoms with Crippen molar-refractivity contribution in [3.05, 3.63) is 21.3 Å². The molecule has 0 bridgehead atoms. The van der Waals surface area contributed by atoms with Gasteiger partial charge in [-0.25, -0.2) is 4.98 Å². The van der Waals surface area contributed by atoms with Crippen molar-refractivity contribution in [2.24, 2.45) is 0 Å². The molecule has 0 radical (unpaired) electrons. The molecule has 1 aromatic rings. The molecule has 1 aromatic heterocycles. The van der Waals surface area contributed by atoms with Crippen molar-refractivity contribution in [2.45, 2.75) is 6.92 Å². The molecule has 1 rings (SSSR count). The van der Waals surface area contributed by atoms with Crippen LogP contribution >= 0.6 is 22.6 Å². The normalized spacial score (nSPS) is 10.2. The average molecular weight is 297 g/mol. The number of pyridine rings is 1. The fraction of sp³-hybridized carbons (Fsp3) is 0.375. The van der Waals surface area contributed by atoms with Crippen LogP contribution in [0.3, 0.4) is 0 Å². The second-order valence-corrected chi connectivity index (χ2v) is 3.50. The molecule has 1 heterocycles. The highest BCUT2D eigenvalue weighted by atomic mass is 127. The number of hydrogen-bond donors (Lipinski definition) is 0. The van der Waals surface area contributed by atoms with Crippen molar-refractivity contribution in [1.82, 2.24) is 4.98 Å². The van der Waals surface area contributed by atoms with Crippen molar-refractivity contribution >= 4 is 22.6 Å². The van der Waals surface area contributed by atoms with Gasteiger partial charge in [0.1, 0.15) is 0 Å². The molecule has 0 unspecified atom stereocenters. The molecule has 0 aliphatic heterocycles. The molecule has 0 fully saturated rings. The fourth-order valence-corrected chi connectivity index (χ4v) is 1.30. The van der Waals surface area contributed by atoms with Crippen LogP contribution in [0.1, 0.15) is 5.56 Å². The van der Waals surface area contributed by atoms with E-state index in [1.54, 1.807) is 0 Å². The van der Waals surface area contributed by atoms with E-state index in [0.717, 1.165) is 9.13 Å². The van der Waals surface area contributed by atoms with Crippen molar-refractivity contribution in [3.63, 3.8) is 0 Å². The van der Waals surface area contributed by atoms with E-state index in [1.807, 2.05) is 29.5 Å². The monoisotopic (exact) mass is 297 g/mol. The Balaban J connectivity index is 2.96. The molecule has 0 aromatic carbocycles. The van der Waals surface area contributed by atoms with Gasteiger partial charge >= 0.3 is 0 Å². The van der Waals surface area contributed by atoms with Gasteiger partial charge in [0.25, 0.3) is 5.95 Å². The highest BCUT2D eigenvalue weighted by Gasteiger charge is 2.11. The number of halogens is 2. The van der Waals surface area contributed by atoms with E-state index in [4.69, 9.17) is 4.74 Å². The summed E-state index contributed by atoms with van der Waals surface area (Å²) in [6.07, 6.45) is 1.47. The van der Waals surface area contributed by atoms with Gasteiger partial charge in [0, 0.05) is 13.3 Å². The van der Waals surface area contributed by atoms with Crippen LogP contribution in [0, 0.1) is 16.4 Å². The van der Waals surface area contributed by atoms with Crippen LogP contribution in [-0.2, 0) is 4.74 Å². The summed E-state index contributed by atoms with van der Waals surface area (Å²) in [4.78, 5) is 3.54. The maximum Gasteiger partial charge on any atom is 0.256 e. The molecule has 72 valence electrons. The third kappa shape index (κ3) is 2.50. The van der Waals surface area contributed by atoms with E-state index in [2.05, 4.69) is 9.72 Å². The summed E-state index contributed by atoms with van der Waals surface area (Å²) < 4.78 is 23.5. The molecule has 0 N–H and O–H groups in total. The number of ether oxygens (including phenoxy) is 2. The third-order valence-electron chi connectivity index (χ3n) is 1.43. The summed E-state index contributed by atoms with van der Waals surface area (Å²) in [5.41, 5.74) is 0.883. The Morgan fingerprint density at radius 1 is 1.62 bits per heavy atom. The van der Waals surface area contributed by atoms with E-state index in [-0.39, 0.29) is 12.5 Å². The highest BCUT2D eigenvalue weighted by molar-refractivity contribution is 14.1. The van der Waals surface area contributed by atoms with Gasteiger partial charge in [-0.15, -0.1) is 0 Å². The number of methoxy groups -OCH3 is 1. The summed E-state index contributed by atoms with van der Waals surface area (Å²) in [7, 11) is 1.48. The molecule has 0 saturated carbocycles. The Bertz CT molecular complexity index is 306. The van der Waals surface area contributed by atoms with Gasteiger partial charge in [-0.2, -0.15) is 4.39 Å². The number of aryl methyl sites for hydroxylation is 1. The van der Waals surface area contributed by atoms with Gasteiger partial charge in [-0.1, -0.05) is 0 Å². The number of aromatic nitrogens is 1.